The van der Waals surface area contributed by atoms with Crippen molar-refractivity contribution in [1.82, 2.24) is 24.2 Å². The predicted molar refractivity (Wildman–Crippen MR) is 146 cm³/mol. The SMILES string of the molecule is Nc1ncnc2c1c(-c1cccc(CNS(=O)(=O)Cc3ccccc3)c1)cn2[C@H]1C[C@@H](CN2CCC2)C1. The number of aromatic nitrogens is 3. The van der Waals surface area contributed by atoms with Crippen LogP contribution in [0.15, 0.2) is 67.1 Å². The van der Waals surface area contributed by atoms with Crippen LogP contribution in [0.25, 0.3) is 22.2 Å². The summed E-state index contributed by atoms with van der Waals surface area (Å²) >= 11 is 0. The first kappa shape index (κ1) is 24.1. The molecule has 0 atom stereocenters. The van der Waals surface area contributed by atoms with Gasteiger partial charge in [0.05, 0.1) is 11.1 Å². The number of anilines is 1. The van der Waals surface area contributed by atoms with Gasteiger partial charge in [0, 0.05) is 30.9 Å². The van der Waals surface area contributed by atoms with E-state index in [0.717, 1.165) is 52.0 Å². The van der Waals surface area contributed by atoms with Gasteiger partial charge >= 0.3 is 0 Å². The quantitative estimate of drug-likeness (QED) is 0.349. The van der Waals surface area contributed by atoms with Crippen molar-refractivity contribution in [3.8, 4) is 11.1 Å². The van der Waals surface area contributed by atoms with Crippen LogP contribution in [0.1, 0.15) is 36.4 Å². The standard InChI is InChI=1S/C28H32N6O2S/c29-27-26-25(17-34(28(26)31-19-30-27)24-13-22(14-24)16-33-10-5-11-33)23-9-4-8-21(12-23)15-32-37(35,36)18-20-6-2-1-3-7-20/h1-4,6-9,12,17,19,22,24,32H,5,10-11,13-16,18H2,(H2,29,30,31)/t22-,24+. The first-order chi connectivity index (χ1) is 17.9. The Labute approximate surface area is 217 Å². The number of nitrogens with zero attached hydrogens (tertiary/aromatic N) is 4. The van der Waals surface area contributed by atoms with E-state index in [4.69, 9.17) is 5.73 Å². The van der Waals surface area contributed by atoms with Crippen LogP contribution < -0.4 is 10.5 Å². The molecule has 3 heterocycles. The number of likely N-dealkylation sites (tertiary alicyclic amines) is 1. The largest absolute Gasteiger partial charge is 0.383 e. The highest BCUT2D eigenvalue weighted by Gasteiger charge is 2.34. The monoisotopic (exact) mass is 516 g/mol. The van der Waals surface area contributed by atoms with Crippen LogP contribution >= 0.6 is 0 Å². The molecule has 2 aromatic carbocycles. The lowest BCUT2D eigenvalue weighted by molar-refractivity contribution is 0.0921. The maximum Gasteiger partial charge on any atom is 0.216 e. The van der Waals surface area contributed by atoms with Crippen molar-refractivity contribution in [3.63, 3.8) is 0 Å². The van der Waals surface area contributed by atoms with E-state index in [1.54, 1.807) is 0 Å². The van der Waals surface area contributed by atoms with Crippen LogP contribution in [-0.2, 0) is 22.3 Å². The smallest absolute Gasteiger partial charge is 0.216 e. The highest BCUT2D eigenvalue weighted by molar-refractivity contribution is 7.88. The Hall–Kier alpha value is -3.27. The number of benzene rings is 2. The lowest BCUT2D eigenvalue weighted by Gasteiger charge is -2.42. The maximum absolute atomic E-state index is 12.6. The minimum atomic E-state index is -3.46. The molecular formula is C28H32N6O2S. The van der Waals surface area contributed by atoms with Gasteiger partial charge in [-0.05, 0) is 61.0 Å². The van der Waals surface area contributed by atoms with Crippen molar-refractivity contribution in [2.75, 3.05) is 25.4 Å². The number of hydrogen-bond acceptors (Lipinski definition) is 6. The molecule has 4 aromatic rings. The maximum atomic E-state index is 12.6. The van der Waals surface area contributed by atoms with Gasteiger partial charge < -0.3 is 15.2 Å². The Morgan fingerprint density at radius 1 is 1.00 bits per heavy atom. The number of rotatable bonds is 9. The van der Waals surface area contributed by atoms with Crippen molar-refractivity contribution in [2.45, 2.75) is 37.6 Å². The van der Waals surface area contributed by atoms with Gasteiger partial charge in [-0.1, -0.05) is 48.5 Å². The highest BCUT2D eigenvalue weighted by Crippen LogP contribution is 2.43. The van der Waals surface area contributed by atoms with E-state index in [9.17, 15) is 8.42 Å². The summed E-state index contributed by atoms with van der Waals surface area (Å²) in [6, 6.07) is 17.5. The number of sulfonamides is 1. The van der Waals surface area contributed by atoms with Crippen LogP contribution in [-0.4, -0.2) is 47.5 Å². The third-order valence-corrected chi connectivity index (χ3v) is 8.94. The molecular weight excluding hydrogens is 484 g/mol. The predicted octanol–water partition coefficient (Wildman–Crippen LogP) is 3.96. The fraction of sp³-hybridized carbons (Fsp3) is 0.357. The number of nitrogen functional groups attached to an aromatic ring is 1. The fourth-order valence-electron chi connectivity index (χ4n) is 5.50. The second kappa shape index (κ2) is 9.89. The van der Waals surface area contributed by atoms with Crippen LogP contribution in [0, 0.1) is 5.92 Å². The van der Waals surface area contributed by atoms with Gasteiger partial charge in [-0.15, -0.1) is 0 Å². The van der Waals surface area contributed by atoms with E-state index < -0.39 is 10.0 Å². The molecule has 0 radical (unpaired) electrons. The van der Waals surface area contributed by atoms with Gasteiger partial charge in [0.25, 0.3) is 0 Å². The third kappa shape index (κ3) is 5.12. The molecule has 1 saturated carbocycles. The molecule has 1 aliphatic carbocycles. The van der Waals surface area contributed by atoms with E-state index in [1.807, 2.05) is 54.6 Å². The van der Waals surface area contributed by atoms with Crippen LogP contribution in [0.5, 0.6) is 0 Å². The van der Waals surface area contributed by atoms with Gasteiger partial charge in [-0.25, -0.2) is 23.1 Å². The van der Waals surface area contributed by atoms with Crippen molar-refractivity contribution in [1.29, 1.82) is 0 Å². The van der Waals surface area contributed by atoms with Gasteiger partial charge in [-0.2, -0.15) is 0 Å². The topological polar surface area (TPSA) is 106 Å². The van der Waals surface area contributed by atoms with Crippen molar-refractivity contribution < 1.29 is 8.42 Å². The van der Waals surface area contributed by atoms with E-state index in [2.05, 4.69) is 30.4 Å². The van der Waals surface area contributed by atoms with Crippen molar-refractivity contribution >= 4 is 26.9 Å². The summed E-state index contributed by atoms with van der Waals surface area (Å²) in [6.07, 6.45) is 7.30. The van der Waals surface area contributed by atoms with Gasteiger partial charge in [0.1, 0.15) is 17.8 Å². The van der Waals surface area contributed by atoms with Crippen molar-refractivity contribution in [2.24, 2.45) is 5.92 Å². The second-order valence-electron chi connectivity index (χ2n) is 10.3. The number of hydrogen-bond donors (Lipinski definition) is 2. The molecule has 37 heavy (non-hydrogen) atoms. The number of fused-ring (bicyclic) bond motifs is 1. The summed E-state index contributed by atoms with van der Waals surface area (Å²) in [5.41, 5.74) is 10.8. The van der Waals surface area contributed by atoms with E-state index in [0.29, 0.717) is 11.9 Å². The van der Waals surface area contributed by atoms with Crippen molar-refractivity contribution in [3.05, 3.63) is 78.2 Å². The first-order valence-electron chi connectivity index (χ1n) is 12.9. The molecule has 1 saturated heterocycles. The van der Waals surface area contributed by atoms with Gasteiger partial charge in [-0.3, -0.25) is 0 Å². The fourth-order valence-corrected chi connectivity index (χ4v) is 6.62. The normalized spacial score (nSPS) is 20.0. The Morgan fingerprint density at radius 2 is 1.78 bits per heavy atom. The summed E-state index contributed by atoms with van der Waals surface area (Å²) in [7, 11) is -3.46. The molecule has 2 aromatic heterocycles. The number of nitrogens with two attached hydrogens (primary N) is 1. The van der Waals surface area contributed by atoms with E-state index in [-0.39, 0.29) is 12.3 Å². The highest BCUT2D eigenvalue weighted by atomic mass is 32.2. The summed E-state index contributed by atoms with van der Waals surface area (Å²) in [5, 5.41) is 0.857. The average molecular weight is 517 g/mol. The second-order valence-corrected chi connectivity index (χ2v) is 12.1. The summed E-state index contributed by atoms with van der Waals surface area (Å²) < 4.78 is 30.3. The molecule has 0 amide bonds. The van der Waals surface area contributed by atoms with E-state index in [1.165, 1.54) is 32.4 Å². The Bertz CT molecular complexity index is 1510. The molecule has 2 aliphatic rings. The van der Waals surface area contributed by atoms with Crippen LogP contribution in [0.4, 0.5) is 5.82 Å². The minimum absolute atomic E-state index is 0.0466. The molecule has 192 valence electrons. The Balaban J connectivity index is 1.22. The summed E-state index contributed by atoms with van der Waals surface area (Å²) in [5.74, 6) is 1.15. The lowest BCUT2D eigenvalue weighted by Crippen LogP contribution is -2.43. The Morgan fingerprint density at radius 3 is 2.54 bits per heavy atom. The molecule has 2 fully saturated rings. The molecule has 0 unspecified atom stereocenters. The third-order valence-electron chi connectivity index (χ3n) is 7.64. The Kier molecular flexibility index (Phi) is 6.44. The first-order valence-corrected chi connectivity index (χ1v) is 14.5. The average Bonchev–Trinajstić information content (AvgIpc) is 3.22. The van der Waals surface area contributed by atoms with Crippen LogP contribution in [0.3, 0.4) is 0 Å². The molecule has 8 nitrogen and oxygen atoms in total. The molecule has 3 N–H and O–H groups in total. The molecule has 6 rings (SSSR count). The molecule has 9 heteroatoms. The minimum Gasteiger partial charge on any atom is -0.383 e. The van der Waals surface area contributed by atoms with Gasteiger partial charge in [0.2, 0.25) is 10.0 Å². The summed E-state index contributed by atoms with van der Waals surface area (Å²) in [6.45, 7) is 3.89. The lowest BCUT2D eigenvalue weighted by atomic mass is 9.79. The van der Waals surface area contributed by atoms with Crippen LogP contribution in [0.2, 0.25) is 0 Å². The van der Waals surface area contributed by atoms with E-state index >= 15 is 0 Å². The molecule has 1 aliphatic heterocycles. The molecule has 0 spiro atoms. The zero-order valence-electron chi connectivity index (χ0n) is 20.8. The number of nitrogens with one attached hydrogen (secondary N) is 1. The zero-order valence-corrected chi connectivity index (χ0v) is 21.6. The summed E-state index contributed by atoms with van der Waals surface area (Å²) in [4.78, 5) is 11.4. The zero-order chi connectivity index (χ0) is 25.4. The van der Waals surface area contributed by atoms with Gasteiger partial charge in [0.15, 0.2) is 0 Å². The molecule has 0 bridgehead atoms.